The number of nitrogens with zero attached hydrogens (tertiary/aromatic N) is 3. The highest BCUT2D eigenvalue weighted by atomic mass is 32.2. The van der Waals surface area contributed by atoms with Gasteiger partial charge in [-0.1, -0.05) is 25.1 Å². The molecule has 1 aliphatic heterocycles. The lowest BCUT2D eigenvalue weighted by Crippen LogP contribution is -2.23. The predicted molar refractivity (Wildman–Crippen MR) is 130 cm³/mol. The Balaban J connectivity index is 1.75. The molecule has 2 aromatic heterocycles. The van der Waals surface area contributed by atoms with Crippen LogP contribution in [0, 0.1) is 12.7 Å². The van der Waals surface area contributed by atoms with E-state index in [9.17, 15) is 17.2 Å². The molecule has 1 unspecified atom stereocenters. The van der Waals surface area contributed by atoms with Gasteiger partial charge in [0.25, 0.3) is 0 Å². The van der Waals surface area contributed by atoms with Crippen LogP contribution in [0.4, 0.5) is 14.6 Å². The highest BCUT2D eigenvalue weighted by molar-refractivity contribution is 7.91. The number of benzene rings is 1. The predicted octanol–water partition coefficient (Wildman–Crippen LogP) is 5.53. The van der Waals surface area contributed by atoms with Crippen molar-refractivity contribution in [3.8, 4) is 0 Å². The zero-order valence-electron chi connectivity index (χ0n) is 19.9. The van der Waals surface area contributed by atoms with Gasteiger partial charge in [0.15, 0.2) is 5.65 Å². The molecule has 34 heavy (non-hydrogen) atoms. The highest BCUT2D eigenvalue weighted by Gasteiger charge is 2.27. The average molecular weight is 489 g/mol. The second-order valence-electron chi connectivity index (χ2n) is 9.03. The molecule has 9 heteroatoms. The molecule has 182 valence electrons. The van der Waals surface area contributed by atoms with Crippen LogP contribution < -0.4 is 5.32 Å². The van der Waals surface area contributed by atoms with E-state index in [2.05, 4.69) is 15.3 Å². The number of hydrogen-bond donors (Lipinski definition) is 1. The van der Waals surface area contributed by atoms with E-state index in [1.807, 2.05) is 13.0 Å². The van der Waals surface area contributed by atoms with Crippen LogP contribution in [0.25, 0.3) is 11.0 Å². The van der Waals surface area contributed by atoms with Gasteiger partial charge in [-0.25, -0.2) is 32.2 Å². The minimum atomic E-state index is -2.98. The summed E-state index contributed by atoms with van der Waals surface area (Å²) in [5.74, 6) is 0.931. The first kappa shape index (κ1) is 24.4. The smallest absolute Gasteiger partial charge is 0.165 e. The molecule has 0 bridgehead atoms. The summed E-state index contributed by atoms with van der Waals surface area (Å²) < 4.78 is 52.7. The monoisotopic (exact) mass is 488 g/mol. The Morgan fingerprint density at radius 3 is 2.44 bits per heavy atom. The van der Waals surface area contributed by atoms with Crippen molar-refractivity contribution in [3.05, 3.63) is 58.3 Å². The minimum absolute atomic E-state index is 0.0265. The lowest BCUT2D eigenvalue weighted by Gasteiger charge is -2.25. The van der Waals surface area contributed by atoms with Gasteiger partial charge in [0, 0.05) is 16.8 Å². The first-order valence-corrected chi connectivity index (χ1v) is 13.5. The van der Waals surface area contributed by atoms with Crippen molar-refractivity contribution < 1.29 is 17.2 Å². The number of alkyl halides is 1. The second-order valence-corrected chi connectivity index (χ2v) is 11.3. The van der Waals surface area contributed by atoms with Crippen LogP contribution in [0.3, 0.4) is 0 Å². The summed E-state index contributed by atoms with van der Waals surface area (Å²) in [6, 6.07) is 6.26. The van der Waals surface area contributed by atoms with Crippen molar-refractivity contribution >= 4 is 26.7 Å². The van der Waals surface area contributed by atoms with Crippen LogP contribution in [-0.4, -0.2) is 34.9 Å². The van der Waals surface area contributed by atoms with Gasteiger partial charge in [0.2, 0.25) is 0 Å². The Hall–Kier alpha value is -2.68. The molecule has 6 nitrogen and oxygen atoms in total. The summed E-state index contributed by atoms with van der Waals surface area (Å²) in [5, 5.41) is 3.98. The van der Waals surface area contributed by atoms with Crippen molar-refractivity contribution in [2.24, 2.45) is 0 Å². The third-order valence-corrected chi connectivity index (χ3v) is 8.26. The maximum Gasteiger partial charge on any atom is 0.165 e. The van der Waals surface area contributed by atoms with Gasteiger partial charge < -0.3 is 5.32 Å². The number of nitrogens with one attached hydrogen (secondary N) is 1. The molecule has 0 saturated carbocycles. The van der Waals surface area contributed by atoms with Gasteiger partial charge in [-0.15, -0.1) is 0 Å². The molecule has 2 atom stereocenters. The van der Waals surface area contributed by atoms with E-state index < -0.39 is 27.9 Å². The number of aryl methyl sites for hydroxylation is 2. The molecule has 1 N–H and O–H groups in total. The molecule has 1 fully saturated rings. The van der Waals surface area contributed by atoms with Gasteiger partial charge >= 0.3 is 0 Å². The van der Waals surface area contributed by atoms with Gasteiger partial charge in [-0.2, -0.15) is 0 Å². The number of anilines is 1. The van der Waals surface area contributed by atoms with E-state index in [4.69, 9.17) is 4.98 Å². The molecule has 4 rings (SSSR count). The molecular weight excluding hydrogens is 458 g/mol. The summed E-state index contributed by atoms with van der Waals surface area (Å²) in [6.07, 6.45) is 0.422. The first-order valence-electron chi connectivity index (χ1n) is 11.7. The molecule has 0 amide bonds. The van der Waals surface area contributed by atoms with Crippen LogP contribution in [0.5, 0.6) is 0 Å². The number of fused-ring (bicyclic) bond motifs is 1. The number of sulfone groups is 1. The summed E-state index contributed by atoms with van der Waals surface area (Å²) >= 11 is 0. The maximum absolute atomic E-state index is 15.0. The van der Waals surface area contributed by atoms with Crippen LogP contribution in [0.2, 0.25) is 0 Å². The van der Waals surface area contributed by atoms with Crippen molar-refractivity contribution in [2.45, 2.75) is 65.1 Å². The Bertz CT molecular complexity index is 1310. The van der Waals surface area contributed by atoms with E-state index in [-0.39, 0.29) is 23.0 Å². The lowest BCUT2D eigenvalue weighted by atomic mass is 9.90. The van der Waals surface area contributed by atoms with E-state index >= 15 is 0 Å². The van der Waals surface area contributed by atoms with Gasteiger partial charge in [-0.3, -0.25) is 0 Å². The molecule has 0 aliphatic carbocycles. The zero-order valence-corrected chi connectivity index (χ0v) is 20.7. The van der Waals surface area contributed by atoms with Crippen LogP contribution >= 0.6 is 0 Å². The van der Waals surface area contributed by atoms with E-state index in [0.717, 1.165) is 11.3 Å². The minimum Gasteiger partial charge on any atom is -0.363 e. The Morgan fingerprint density at radius 2 is 1.79 bits per heavy atom. The second kappa shape index (κ2) is 9.52. The van der Waals surface area contributed by atoms with Crippen molar-refractivity contribution in [3.63, 3.8) is 0 Å². The average Bonchev–Trinajstić information content (AvgIpc) is 2.78. The number of halogens is 2. The molecule has 3 aromatic rings. The fourth-order valence-electron chi connectivity index (χ4n) is 4.66. The van der Waals surface area contributed by atoms with Crippen LogP contribution in [-0.2, 0) is 16.3 Å². The van der Waals surface area contributed by atoms with Gasteiger partial charge in [-0.05, 0) is 57.6 Å². The van der Waals surface area contributed by atoms with Crippen LogP contribution in [0.15, 0.2) is 24.3 Å². The molecular formula is C25H30F2N4O2S. The molecule has 1 saturated heterocycles. The third-order valence-electron chi connectivity index (χ3n) is 6.55. The van der Waals surface area contributed by atoms with Gasteiger partial charge in [0.1, 0.15) is 33.5 Å². The molecule has 1 aromatic carbocycles. The third kappa shape index (κ3) is 4.89. The molecule has 1 aliphatic rings. The maximum atomic E-state index is 15.0. The van der Waals surface area contributed by atoms with Crippen molar-refractivity contribution in [1.82, 2.24) is 15.0 Å². The summed E-state index contributed by atoms with van der Waals surface area (Å²) in [6.45, 7) is 6.91. The van der Waals surface area contributed by atoms with E-state index in [0.29, 0.717) is 47.5 Å². The fourth-order valence-corrected chi connectivity index (χ4v) is 6.15. The summed E-state index contributed by atoms with van der Waals surface area (Å²) in [5.41, 5.74) is 2.84. The number of rotatable bonds is 6. The van der Waals surface area contributed by atoms with Crippen LogP contribution in [0.1, 0.15) is 80.0 Å². The Morgan fingerprint density at radius 1 is 1.12 bits per heavy atom. The standard InChI is InChI=1S/C25H30F2N4O2S/c1-5-22-20(17-9-11-34(32,33)12-10-17)13-21-24(29-16(4)30-25(21)31-22)28-15(3)19-8-6-7-18(14(2)26)23(19)27/h6-8,13-15,17H,5,9-12H2,1-4H3,(H,28,29,30,31)/t14?,15-/m1/s1. The number of aromatic nitrogens is 3. The summed E-state index contributed by atoms with van der Waals surface area (Å²) in [7, 11) is -2.98. The summed E-state index contributed by atoms with van der Waals surface area (Å²) in [4.78, 5) is 13.9. The van der Waals surface area contributed by atoms with Gasteiger partial charge in [0.05, 0.1) is 22.9 Å². The molecule has 0 radical (unpaired) electrons. The van der Waals surface area contributed by atoms with E-state index in [1.165, 1.54) is 13.0 Å². The largest absolute Gasteiger partial charge is 0.363 e. The molecule has 3 heterocycles. The first-order chi connectivity index (χ1) is 16.1. The lowest BCUT2D eigenvalue weighted by molar-refractivity contribution is 0.360. The fraction of sp³-hybridized carbons (Fsp3) is 0.480. The van der Waals surface area contributed by atoms with E-state index in [1.54, 1.807) is 26.0 Å². The number of pyridine rings is 1. The Labute approximate surface area is 199 Å². The van der Waals surface area contributed by atoms with Crippen molar-refractivity contribution in [2.75, 3.05) is 16.8 Å². The number of hydrogen-bond acceptors (Lipinski definition) is 6. The topological polar surface area (TPSA) is 84.8 Å². The highest BCUT2D eigenvalue weighted by Crippen LogP contribution is 2.35. The Kier molecular flexibility index (Phi) is 6.85. The normalized spacial score (nSPS) is 18.1. The SMILES string of the molecule is CCc1nc2nc(C)nc(N[C@H](C)c3cccc(C(C)F)c3F)c2cc1C1CCS(=O)(=O)CC1. The quantitative estimate of drug-likeness (QED) is 0.491. The molecule has 0 spiro atoms. The van der Waals surface area contributed by atoms with Crippen molar-refractivity contribution in [1.29, 1.82) is 0 Å². The zero-order chi connectivity index (χ0) is 24.6.